The van der Waals surface area contributed by atoms with Crippen LogP contribution in [0.2, 0.25) is 0 Å². The Balaban J connectivity index is 1.41. The third-order valence-electron chi connectivity index (χ3n) is 5.77. The largest absolute Gasteiger partial charge is 0.386 e. The monoisotopic (exact) mass is 470 g/mol. The fourth-order valence-corrected chi connectivity index (χ4v) is 5.16. The maximum atomic E-state index is 12.4. The van der Waals surface area contributed by atoms with Gasteiger partial charge >= 0.3 is 11.8 Å². The predicted octanol–water partition coefficient (Wildman–Crippen LogP) is 1.68. The Bertz CT molecular complexity index is 1330. The number of aromatic nitrogens is 1. The number of amides is 2. The van der Waals surface area contributed by atoms with Crippen LogP contribution in [0.4, 0.5) is 11.4 Å². The minimum Gasteiger partial charge on any atom is -0.386 e. The Hall–Kier alpha value is -3.37. The molecule has 2 amide bonds. The van der Waals surface area contributed by atoms with Gasteiger partial charge in [0.25, 0.3) is 0 Å². The summed E-state index contributed by atoms with van der Waals surface area (Å²) in [6.45, 7) is 0.238. The zero-order valence-corrected chi connectivity index (χ0v) is 19.2. The van der Waals surface area contributed by atoms with Crippen LogP contribution in [0.1, 0.15) is 23.7 Å². The van der Waals surface area contributed by atoms with Crippen LogP contribution in [0, 0.1) is 0 Å². The van der Waals surface area contributed by atoms with E-state index in [1.165, 1.54) is 4.31 Å². The van der Waals surface area contributed by atoms with E-state index in [1.54, 1.807) is 24.4 Å². The van der Waals surface area contributed by atoms with Crippen LogP contribution in [0.25, 0.3) is 10.9 Å². The third-order valence-corrected chi connectivity index (χ3v) is 6.95. The highest BCUT2D eigenvalue weighted by Crippen LogP contribution is 2.31. The lowest BCUT2D eigenvalue weighted by atomic mass is 10.0. The maximum absolute atomic E-state index is 12.4. The van der Waals surface area contributed by atoms with Gasteiger partial charge in [-0.25, -0.2) is 8.42 Å². The van der Waals surface area contributed by atoms with E-state index >= 15 is 0 Å². The molecule has 1 atom stereocenters. The second kappa shape index (κ2) is 8.87. The van der Waals surface area contributed by atoms with Gasteiger partial charge in [0.05, 0.1) is 18.0 Å². The van der Waals surface area contributed by atoms with Crippen molar-refractivity contribution in [2.45, 2.75) is 18.9 Å². The number of aliphatic hydroxyl groups excluding tert-OH is 1. The quantitative estimate of drug-likeness (QED) is 0.490. The number of anilines is 2. The molecular formula is C23H26N4O5S. The van der Waals surface area contributed by atoms with Gasteiger partial charge in [-0.1, -0.05) is 24.3 Å². The lowest BCUT2D eigenvalue weighted by Crippen LogP contribution is -2.38. The zero-order chi connectivity index (χ0) is 23.8. The van der Waals surface area contributed by atoms with Crippen molar-refractivity contribution in [1.82, 2.24) is 9.88 Å². The van der Waals surface area contributed by atoms with Gasteiger partial charge in [0, 0.05) is 48.5 Å². The Morgan fingerprint density at radius 2 is 1.91 bits per heavy atom. The van der Waals surface area contributed by atoms with Crippen LogP contribution < -0.4 is 14.9 Å². The van der Waals surface area contributed by atoms with Gasteiger partial charge in [-0.2, -0.15) is 0 Å². The van der Waals surface area contributed by atoms with Gasteiger partial charge in [-0.05, 0) is 36.6 Å². The molecule has 4 rings (SSSR count). The first-order valence-corrected chi connectivity index (χ1v) is 12.4. The molecule has 1 aromatic heterocycles. The highest BCUT2D eigenvalue weighted by molar-refractivity contribution is 7.92. The van der Waals surface area contributed by atoms with E-state index in [4.69, 9.17) is 0 Å². The van der Waals surface area contributed by atoms with Crippen LogP contribution in [-0.2, 0) is 33.1 Å². The molecule has 10 heteroatoms. The van der Waals surface area contributed by atoms with Crippen LogP contribution in [0.15, 0.2) is 48.7 Å². The number of para-hydroxylation sites is 1. The lowest BCUT2D eigenvalue weighted by Gasteiger charge is -2.29. The summed E-state index contributed by atoms with van der Waals surface area (Å²) < 4.78 is 27.4. The number of hydrogen-bond donors (Lipinski definition) is 3. The molecule has 0 fully saturated rings. The average Bonchev–Trinajstić information content (AvgIpc) is 3.13. The molecule has 1 aliphatic rings. The minimum atomic E-state index is -3.45. The number of sulfonamides is 1. The molecule has 9 nitrogen and oxygen atoms in total. The van der Waals surface area contributed by atoms with Gasteiger partial charge < -0.3 is 20.3 Å². The number of nitrogens with one attached hydrogen (secondary N) is 2. The third kappa shape index (κ3) is 4.71. The Kier molecular flexibility index (Phi) is 6.13. The van der Waals surface area contributed by atoms with Crippen LogP contribution in [0.3, 0.4) is 0 Å². The number of carbonyl (C=O) groups excluding carboxylic acids is 2. The number of carbonyl (C=O) groups is 2. The first kappa shape index (κ1) is 22.8. The second-order valence-corrected chi connectivity index (χ2v) is 10.1. The van der Waals surface area contributed by atoms with Crippen molar-refractivity contribution < 1.29 is 23.1 Å². The van der Waals surface area contributed by atoms with Gasteiger partial charge in [-0.15, -0.1) is 0 Å². The molecule has 174 valence electrons. The molecule has 2 aromatic carbocycles. The van der Waals surface area contributed by atoms with Crippen molar-refractivity contribution in [1.29, 1.82) is 0 Å². The topological polar surface area (TPSA) is 121 Å². The molecule has 2 heterocycles. The molecule has 0 aliphatic carbocycles. The number of nitrogens with zero attached hydrogens (tertiary/aromatic N) is 2. The van der Waals surface area contributed by atoms with Crippen molar-refractivity contribution >= 4 is 44.1 Å². The fraction of sp³-hybridized carbons (Fsp3) is 0.304. The highest BCUT2D eigenvalue weighted by atomic mass is 32.2. The molecule has 3 aromatic rings. The van der Waals surface area contributed by atoms with E-state index < -0.39 is 27.9 Å². The number of hydrogen-bond acceptors (Lipinski definition) is 5. The number of aryl methyl sites for hydroxylation is 2. The Morgan fingerprint density at radius 1 is 1.15 bits per heavy atom. The molecule has 0 radical (unpaired) electrons. The normalized spacial score (nSPS) is 14.6. The number of fused-ring (bicyclic) bond motifs is 2. The molecule has 33 heavy (non-hydrogen) atoms. The molecule has 1 aliphatic heterocycles. The van der Waals surface area contributed by atoms with Crippen molar-refractivity contribution in [2.75, 3.05) is 29.0 Å². The van der Waals surface area contributed by atoms with Gasteiger partial charge in [0.1, 0.15) is 0 Å². The number of benzene rings is 2. The van der Waals surface area contributed by atoms with E-state index in [0.717, 1.165) is 29.1 Å². The lowest BCUT2D eigenvalue weighted by molar-refractivity contribution is -0.136. The number of rotatable bonds is 5. The van der Waals surface area contributed by atoms with Gasteiger partial charge in [0.15, 0.2) is 0 Å². The van der Waals surface area contributed by atoms with E-state index in [1.807, 2.05) is 35.9 Å². The Labute approximate surface area is 192 Å². The van der Waals surface area contributed by atoms with Crippen LogP contribution >= 0.6 is 0 Å². The van der Waals surface area contributed by atoms with Crippen LogP contribution in [-0.4, -0.2) is 49.3 Å². The summed E-state index contributed by atoms with van der Waals surface area (Å²) in [5.41, 5.74) is 3.30. The van der Waals surface area contributed by atoms with E-state index in [2.05, 4.69) is 10.6 Å². The molecule has 3 N–H and O–H groups in total. The zero-order valence-electron chi connectivity index (χ0n) is 18.4. The van der Waals surface area contributed by atoms with Crippen LogP contribution in [0.5, 0.6) is 0 Å². The molecular weight excluding hydrogens is 444 g/mol. The van der Waals surface area contributed by atoms with E-state index in [0.29, 0.717) is 29.9 Å². The fourth-order valence-electron chi connectivity index (χ4n) is 4.17. The van der Waals surface area contributed by atoms with Crippen molar-refractivity contribution in [3.05, 3.63) is 59.8 Å². The summed E-state index contributed by atoms with van der Waals surface area (Å²) in [7, 11) is -1.58. The van der Waals surface area contributed by atoms with Gasteiger partial charge in [-0.3, -0.25) is 13.9 Å². The van der Waals surface area contributed by atoms with Crippen molar-refractivity contribution in [3.63, 3.8) is 0 Å². The summed E-state index contributed by atoms with van der Waals surface area (Å²) in [6.07, 6.45) is 3.40. The summed E-state index contributed by atoms with van der Waals surface area (Å²) in [4.78, 5) is 24.7. The average molecular weight is 471 g/mol. The van der Waals surface area contributed by atoms with Crippen molar-refractivity contribution in [2.24, 2.45) is 7.05 Å². The minimum absolute atomic E-state index is 0.133. The van der Waals surface area contributed by atoms with E-state index in [-0.39, 0.29) is 6.54 Å². The Morgan fingerprint density at radius 3 is 2.67 bits per heavy atom. The van der Waals surface area contributed by atoms with Gasteiger partial charge in [0.2, 0.25) is 10.0 Å². The second-order valence-electron chi connectivity index (χ2n) is 8.17. The van der Waals surface area contributed by atoms with E-state index in [9.17, 15) is 23.1 Å². The standard InChI is InChI=1S/C23H26N4O5S/c1-26-14-18(17-7-3-4-8-19(17)26)21(28)13-24-22(29)23(30)25-16-10-9-15-6-5-11-27(20(15)12-16)33(2,31)32/h3-4,7-10,12,14,21,28H,5-6,11,13H2,1-2H3,(H,24,29)(H,25,30). The molecule has 0 saturated carbocycles. The summed E-state index contributed by atoms with van der Waals surface area (Å²) in [6, 6.07) is 12.5. The molecule has 1 unspecified atom stereocenters. The predicted molar refractivity (Wildman–Crippen MR) is 126 cm³/mol. The smallest absolute Gasteiger partial charge is 0.313 e. The first-order valence-electron chi connectivity index (χ1n) is 10.6. The SMILES string of the molecule is Cn1cc(C(O)CNC(=O)C(=O)Nc2ccc3c(c2)N(S(C)(=O)=O)CCC3)c2ccccc21. The summed E-state index contributed by atoms with van der Waals surface area (Å²) in [5, 5.41) is 16.4. The maximum Gasteiger partial charge on any atom is 0.313 e. The first-order chi connectivity index (χ1) is 15.6. The number of aliphatic hydroxyl groups is 1. The molecule has 0 spiro atoms. The molecule has 0 bridgehead atoms. The summed E-state index contributed by atoms with van der Waals surface area (Å²) in [5.74, 6) is -1.80. The van der Waals surface area contributed by atoms with Crippen molar-refractivity contribution in [3.8, 4) is 0 Å². The summed E-state index contributed by atoms with van der Waals surface area (Å²) >= 11 is 0. The highest BCUT2D eigenvalue weighted by Gasteiger charge is 2.25. The molecule has 0 saturated heterocycles.